The molecule has 1 fully saturated rings. The molecule has 0 spiro atoms. The topological polar surface area (TPSA) is 29.5 Å². The van der Waals surface area contributed by atoms with E-state index in [1.54, 1.807) is 0 Å². The summed E-state index contributed by atoms with van der Waals surface area (Å²) in [7, 11) is 0. The van der Waals surface area contributed by atoms with Gasteiger partial charge in [0.1, 0.15) is 0 Å². The van der Waals surface area contributed by atoms with Gasteiger partial charge >= 0.3 is 0 Å². The van der Waals surface area contributed by atoms with Crippen LogP contribution in [0.15, 0.2) is 0 Å². The SMILES string of the molecule is CCCCCCCOC1CC(O)C1. The molecule has 0 aromatic carbocycles. The van der Waals surface area contributed by atoms with Crippen LogP contribution in [0.5, 0.6) is 0 Å². The summed E-state index contributed by atoms with van der Waals surface area (Å²) in [5, 5.41) is 9.01. The largest absolute Gasteiger partial charge is 0.393 e. The Labute approximate surface area is 81.3 Å². The van der Waals surface area contributed by atoms with Gasteiger partial charge in [0.2, 0.25) is 0 Å². The fourth-order valence-corrected chi connectivity index (χ4v) is 1.63. The summed E-state index contributed by atoms with van der Waals surface area (Å²) in [4.78, 5) is 0. The van der Waals surface area contributed by atoms with Crippen LogP contribution >= 0.6 is 0 Å². The molecule has 0 amide bonds. The smallest absolute Gasteiger partial charge is 0.0624 e. The van der Waals surface area contributed by atoms with Crippen LogP contribution in [-0.2, 0) is 4.74 Å². The lowest BCUT2D eigenvalue weighted by atomic mass is 9.92. The van der Waals surface area contributed by atoms with E-state index in [9.17, 15) is 0 Å². The van der Waals surface area contributed by atoms with Crippen LogP contribution < -0.4 is 0 Å². The zero-order valence-electron chi connectivity index (χ0n) is 8.67. The molecule has 1 N–H and O–H groups in total. The van der Waals surface area contributed by atoms with E-state index in [4.69, 9.17) is 9.84 Å². The molecule has 0 atom stereocenters. The number of rotatable bonds is 7. The van der Waals surface area contributed by atoms with Gasteiger partial charge in [0.25, 0.3) is 0 Å². The highest BCUT2D eigenvalue weighted by Gasteiger charge is 2.27. The van der Waals surface area contributed by atoms with Crippen molar-refractivity contribution in [2.24, 2.45) is 0 Å². The van der Waals surface area contributed by atoms with E-state index in [2.05, 4.69) is 6.92 Å². The van der Waals surface area contributed by atoms with E-state index in [0.29, 0.717) is 6.10 Å². The molecule has 1 rings (SSSR count). The molecule has 0 heterocycles. The molecule has 2 nitrogen and oxygen atoms in total. The van der Waals surface area contributed by atoms with Crippen molar-refractivity contribution >= 4 is 0 Å². The fraction of sp³-hybridized carbons (Fsp3) is 1.00. The molecule has 1 aliphatic rings. The molecule has 0 aromatic heterocycles. The van der Waals surface area contributed by atoms with Crippen molar-refractivity contribution in [2.45, 2.75) is 64.1 Å². The minimum Gasteiger partial charge on any atom is -0.393 e. The predicted molar refractivity (Wildman–Crippen MR) is 53.7 cm³/mol. The Morgan fingerprint density at radius 3 is 2.46 bits per heavy atom. The Balaban J connectivity index is 1.74. The molecule has 0 bridgehead atoms. The van der Waals surface area contributed by atoms with Crippen molar-refractivity contribution in [3.63, 3.8) is 0 Å². The molecule has 0 aromatic rings. The molecule has 78 valence electrons. The van der Waals surface area contributed by atoms with E-state index in [-0.39, 0.29) is 6.10 Å². The van der Waals surface area contributed by atoms with Crippen molar-refractivity contribution in [3.05, 3.63) is 0 Å². The second-order valence-electron chi connectivity index (χ2n) is 4.03. The van der Waals surface area contributed by atoms with Gasteiger partial charge in [-0.3, -0.25) is 0 Å². The van der Waals surface area contributed by atoms with Crippen molar-refractivity contribution in [1.29, 1.82) is 0 Å². The van der Waals surface area contributed by atoms with Gasteiger partial charge in [-0.25, -0.2) is 0 Å². The van der Waals surface area contributed by atoms with Crippen LogP contribution in [-0.4, -0.2) is 23.9 Å². The first-order valence-electron chi connectivity index (χ1n) is 5.62. The standard InChI is InChI=1S/C11H22O2/c1-2-3-4-5-6-7-13-11-8-10(12)9-11/h10-12H,2-9H2,1H3. The average molecular weight is 186 g/mol. The summed E-state index contributed by atoms with van der Waals surface area (Å²) in [5.41, 5.74) is 0. The molecular formula is C11H22O2. The van der Waals surface area contributed by atoms with Gasteiger partial charge < -0.3 is 9.84 Å². The number of hydrogen-bond donors (Lipinski definition) is 1. The lowest BCUT2D eigenvalue weighted by molar-refractivity contribution is -0.0714. The zero-order valence-corrected chi connectivity index (χ0v) is 8.67. The first-order valence-corrected chi connectivity index (χ1v) is 5.62. The first-order chi connectivity index (χ1) is 6.33. The molecule has 0 saturated heterocycles. The minimum absolute atomic E-state index is 0.0786. The summed E-state index contributed by atoms with van der Waals surface area (Å²) in [6.07, 6.45) is 8.47. The van der Waals surface area contributed by atoms with Crippen molar-refractivity contribution in [3.8, 4) is 0 Å². The Morgan fingerprint density at radius 1 is 1.15 bits per heavy atom. The molecule has 0 unspecified atom stereocenters. The van der Waals surface area contributed by atoms with Crippen LogP contribution in [0.1, 0.15) is 51.9 Å². The molecule has 2 heteroatoms. The van der Waals surface area contributed by atoms with Gasteiger partial charge in [0, 0.05) is 6.61 Å². The van der Waals surface area contributed by atoms with E-state index in [1.165, 1.54) is 32.1 Å². The fourth-order valence-electron chi connectivity index (χ4n) is 1.63. The molecule has 0 radical (unpaired) electrons. The number of aliphatic hydroxyl groups excluding tert-OH is 1. The average Bonchev–Trinajstić information content (AvgIpc) is 2.07. The summed E-state index contributed by atoms with van der Waals surface area (Å²) in [6.45, 7) is 3.12. The summed E-state index contributed by atoms with van der Waals surface area (Å²) in [5.74, 6) is 0. The Kier molecular flexibility index (Phi) is 5.40. The third-order valence-corrected chi connectivity index (χ3v) is 2.67. The van der Waals surface area contributed by atoms with Gasteiger partial charge in [-0.15, -0.1) is 0 Å². The summed E-state index contributed by atoms with van der Waals surface area (Å²) in [6, 6.07) is 0. The van der Waals surface area contributed by atoms with Crippen molar-refractivity contribution in [1.82, 2.24) is 0 Å². The second-order valence-corrected chi connectivity index (χ2v) is 4.03. The summed E-state index contributed by atoms with van der Waals surface area (Å²) < 4.78 is 5.57. The minimum atomic E-state index is -0.0786. The third kappa shape index (κ3) is 4.63. The van der Waals surface area contributed by atoms with Gasteiger partial charge in [-0.05, 0) is 19.3 Å². The van der Waals surface area contributed by atoms with Gasteiger partial charge in [-0.1, -0.05) is 32.6 Å². The van der Waals surface area contributed by atoms with Crippen LogP contribution in [0.3, 0.4) is 0 Å². The number of hydrogen-bond acceptors (Lipinski definition) is 2. The third-order valence-electron chi connectivity index (χ3n) is 2.67. The number of ether oxygens (including phenoxy) is 1. The quantitative estimate of drug-likeness (QED) is 0.619. The van der Waals surface area contributed by atoms with Crippen LogP contribution in [0.25, 0.3) is 0 Å². The normalized spacial score (nSPS) is 27.2. The van der Waals surface area contributed by atoms with Gasteiger partial charge in [0.15, 0.2) is 0 Å². The molecule has 13 heavy (non-hydrogen) atoms. The van der Waals surface area contributed by atoms with E-state index in [1.807, 2.05) is 0 Å². The maximum Gasteiger partial charge on any atom is 0.0624 e. The maximum absolute atomic E-state index is 9.01. The molecule has 1 saturated carbocycles. The predicted octanol–water partition coefficient (Wildman–Crippen LogP) is 2.50. The first kappa shape index (κ1) is 11.0. The highest BCUT2D eigenvalue weighted by Crippen LogP contribution is 2.23. The Bertz CT molecular complexity index is 119. The van der Waals surface area contributed by atoms with Gasteiger partial charge in [0.05, 0.1) is 12.2 Å². The van der Waals surface area contributed by atoms with Crippen LogP contribution in [0.2, 0.25) is 0 Å². The van der Waals surface area contributed by atoms with Crippen LogP contribution in [0.4, 0.5) is 0 Å². The zero-order chi connectivity index (χ0) is 9.52. The number of aliphatic hydroxyl groups is 1. The maximum atomic E-state index is 9.01. The molecule has 1 aliphatic carbocycles. The van der Waals surface area contributed by atoms with E-state index >= 15 is 0 Å². The number of unbranched alkanes of at least 4 members (excludes halogenated alkanes) is 4. The monoisotopic (exact) mass is 186 g/mol. The van der Waals surface area contributed by atoms with E-state index < -0.39 is 0 Å². The van der Waals surface area contributed by atoms with Crippen molar-refractivity contribution in [2.75, 3.05) is 6.61 Å². The Morgan fingerprint density at radius 2 is 1.85 bits per heavy atom. The summed E-state index contributed by atoms with van der Waals surface area (Å²) >= 11 is 0. The lowest BCUT2D eigenvalue weighted by Crippen LogP contribution is -2.35. The van der Waals surface area contributed by atoms with E-state index in [0.717, 1.165) is 19.4 Å². The highest BCUT2D eigenvalue weighted by atomic mass is 16.5. The second kappa shape index (κ2) is 6.39. The van der Waals surface area contributed by atoms with Crippen molar-refractivity contribution < 1.29 is 9.84 Å². The molecule has 0 aliphatic heterocycles. The Hall–Kier alpha value is -0.0800. The van der Waals surface area contributed by atoms with Gasteiger partial charge in [-0.2, -0.15) is 0 Å². The van der Waals surface area contributed by atoms with Crippen LogP contribution in [0, 0.1) is 0 Å². The lowest BCUT2D eigenvalue weighted by Gasteiger charge is -2.31. The highest BCUT2D eigenvalue weighted by molar-refractivity contribution is 4.78. The molecular weight excluding hydrogens is 164 g/mol.